The van der Waals surface area contributed by atoms with E-state index in [0.29, 0.717) is 12.5 Å². The molecule has 1 aliphatic rings. The highest BCUT2D eigenvalue weighted by Crippen LogP contribution is 2.35. The van der Waals surface area contributed by atoms with Crippen molar-refractivity contribution in [3.8, 4) is 5.75 Å². The summed E-state index contributed by atoms with van der Waals surface area (Å²) in [6.07, 6.45) is 4.27. The molecule has 2 rings (SSSR count). The van der Waals surface area contributed by atoms with Crippen molar-refractivity contribution in [2.75, 3.05) is 7.11 Å². The second-order valence-corrected chi connectivity index (χ2v) is 5.22. The first-order valence-electron chi connectivity index (χ1n) is 6.96. The number of methoxy groups -OCH3 is 1. The van der Waals surface area contributed by atoms with E-state index >= 15 is 0 Å². The van der Waals surface area contributed by atoms with Crippen molar-refractivity contribution in [1.29, 1.82) is 0 Å². The van der Waals surface area contributed by atoms with Crippen LogP contribution >= 0.6 is 0 Å². The number of carbonyl (C=O) groups is 1. The zero-order valence-electron chi connectivity index (χ0n) is 11.7. The molecule has 1 fully saturated rings. The van der Waals surface area contributed by atoms with Crippen molar-refractivity contribution in [2.24, 2.45) is 11.8 Å². The third-order valence-electron chi connectivity index (χ3n) is 4.05. The van der Waals surface area contributed by atoms with Gasteiger partial charge in [-0.3, -0.25) is 0 Å². The van der Waals surface area contributed by atoms with Crippen LogP contribution in [0.5, 0.6) is 5.75 Å². The van der Waals surface area contributed by atoms with Crippen LogP contribution in [0.15, 0.2) is 24.3 Å². The molecule has 0 saturated heterocycles. The second kappa shape index (κ2) is 6.71. The van der Waals surface area contributed by atoms with Gasteiger partial charge in [-0.15, -0.1) is 0 Å². The van der Waals surface area contributed by atoms with Gasteiger partial charge in [0.05, 0.1) is 19.8 Å². The molecule has 1 saturated carbocycles. The molecule has 0 N–H and O–H groups in total. The highest BCUT2D eigenvalue weighted by molar-refractivity contribution is 5.54. The molecule has 0 bridgehead atoms. The molecule has 3 nitrogen and oxygen atoms in total. The van der Waals surface area contributed by atoms with Crippen molar-refractivity contribution < 1.29 is 14.3 Å². The van der Waals surface area contributed by atoms with Crippen molar-refractivity contribution in [3.63, 3.8) is 0 Å². The summed E-state index contributed by atoms with van der Waals surface area (Å²) in [6.45, 7) is 2.75. The van der Waals surface area contributed by atoms with Crippen LogP contribution in [0.3, 0.4) is 0 Å². The van der Waals surface area contributed by atoms with E-state index in [-0.39, 0.29) is 12.0 Å². The summed E-state index contributed by atoms with van der Waals surface area (Å²) in [6, 6.07) is 7.91. The normalized spacial score (nSPS) is 26.3. The minimum absolute atomic E-state index is 0.186. The Labute approximate surface area is 114 Å². The van der Waals surface area contributed by atoms with E-state index in [0.717, 1.165) is 36.9 Å². The molecule has 104 valence electrons. The van der Waals surface area contributed by atoms with E-state index < -0.39 is 0 Å². The average molecular weight is 262 g/mol. The maximum Gasteiger partial charge on any atom is 0.123 e. The number of carbonyl (C=O) groups excluding carboxylic acids is 1. The summed E-state index contributed by atoms with van der Waals surface area (Å²) in [5, 5.41) is 0. The van der Waals surface area contributed by atoms with Gasteiger partial charge in [0.1, 0.15) is 12.0 Å². The molecule has 0 spiro atoms. The number of rotatable bonds is 6. The fourth-order valence-corrected chi connectivity index (χ4v) is 2.81. The second-order valence-electron chi connectivity index (χ2n) is 5.22. The van der Waals surface area contributed by atoms with E-state index in [1.54, 1.807) is 7.11 Å². The van der Waals surface area contributed by atoms with E-state index in [2.05, 4.69) is 6.92 Å². The Hall–Kier alpha value is -1.35. The molecule has 0 unspecified atom stereocenters. The lowest BCUT2D eigenvalue weighted by Crippen LogP contribution is -2.08. The minimum Gasteiger partial charge on any atom is -0.497 e. The van der Waals surface area contributed by atoms with Crippen LogP contribution < -0.4 is 4.74 Å². The van der Waals surface area contributed by atoms with Crippen LogP contribution in [-0.4, -0.2) is 19.5 Å². The Bertz CT molecular complexity index is 399. The number of ether oxygens (including phenoxy) is 2. The van der Waals surface area contributed by atoms with Gasteiger partial charge in [0.2, 0.25) is 0 Å². The molecule has 0 amide bonds. The molecular weight excluding hydrogens is 240 g/mol. The highest BCUT2D eigenvalue weighted by Gasteiger charge is 2.33. The van der Waals surface area contributed by atoms with Crippen molar-refractivity contribution >= 4 is 6.29 Å². The summed E-state index contributed by atoms with van der Waals surface area (Å²) in [5.74, 6) is 1.54. The average Bonchev–Trinajstić information content (AvgIpc) is 2.88. The van der Waals surface area contributed by atoms with Crippen LogP contribution in [0, 0.1) is 11.8 Å². The number of hydrogen-bond donors (Lipinski definition) is 0. The van der Waals surface area contributed by atoms with E-state index in [1.807, 2.05) is 24.3 Å². The molecule has 0 aromatic heterocycles. The molecule has 3 atom stereocenters. The molecular formula is C16H22O3. The Morgan fingerprint density at radius 3 is 2.53 bits per heavy atom. The summed E-state index contributed by atoms with van der Waals surface area (Å²) in [4.78, 5) is 11.0. The number of benzene rings is 1. The lowest BCUT2D eigenvalue weighted by molar-refractivity contribution is -0.112. The Morgan fingerprint density at radius 2 is 2.00 bits per heavy atom. The van der Waals surface area contributed by atoms with Gasteiger partial charge in [0, 0.05) is 5.92 Å². The third kappa shape index (κ3) is 3.57. The molecule has 0 heterocycles. The molecule has 0 aliphatic heterocycles. The summed E-state index contributed by atoms with van der Waals surface area (Å²) >= 11 is 0. The van der Waals surface area contributed by atoms with Gasteiger partial charge in [-0.2, -0.15) is 0 Å². The molecule has 1 aliphatic carbocycles. The standard InChI is InChI=1S/C16H22O3/c1-3-13-8-16(9-14(13)10-17)19-11-12-4-6-15(18-2)7-5-12/h4-7,10,13-14,16H,3,8-9,11H2,1-2H3/t13-,14-,16-/m1/s1. The molecule has 1 aromatic carbocycles. The third-order valence-corrected chi connectivity index (χ3v) is 4.05. The van der Waals surface area contributed by atoms with Gasteiger partial charge in [0.15, 0.2) is 0 Å². The van der Waals surface area contributed by atoms with Crippen LogP contribution in [0.2, 0.25) is 0 Å². The maximum atomic E-state index is 11.0. The van der Waals surface area contributed by atoms with Crippen LogP contribution in [0.4, 0.5) is 0 Å². The topological polar surface area (TPSA) is 35.5 Å². The highest BCUT2D eigenvalue weighted by atomic mass is 16.5. The summed E-state index contributed by atoms with van der Waals surface area (Å²) in [5.41, 5.74) is 1.14. The molecule has 19 heavy (non-hydrogen) atoms. The van der Waals surface area contributed by atoms with Gasteiger partial charge >= 0.3 is 0 Å². The lowest BCUT2D eigenvalue weighted by Gasteiger charge is -2.12. The van der Waals surface area contributed by atoms with Gasteiger partial charge in [-0.1, -0.05) is 25.5 Å². The summed E-state index contributed by atoms with van der Waals surface area (Å²) in [7, 11) is 1.66. The van der Waals surface area contributed by atoms with Crippen molar-refractivity contribution in [1.82, 2.24) is 0 Å². The minimum atomic E-state index is 0.186. The quantitative estimate of drug-likeness (QED) is 0.738. The Kier molecular flexibility index (Phi) is 4.97. The van der Waals surface area contributed by atoms with Gasteiger partial charge < -0.3 is 14.3 Å². The van der Waals surface area contributed by atoms with Gasteiger partial charge in [-0.25, -0.2) is 0 Å². The first-order valence-corrected chi connectivity index (χ1v) is 6.96. The summed E-state index contributed by atoms with van der Waals surface area (Å²) < 4.78 is 11.1. The van der Waals surface area contributed by atoms with Crippen LogP contribution in [0.25, 0.3) is 0 Å². The molecule has 1 aromatic rings. The smallest absolute Gasteiger partial charge is 0.123 e. The van der Waals surface area contributed by atoms with E-state index in [9.17, 15) is 4.79 Å². The first kappa shape index (κ1) is 14.1. The van der Waals surface area contributed by atoms with Crippen molar-refractivity contribution in [2.45, 2.75) is 38.9 Å². The van der Waals surface area contributed by atoms with Crippen LogP contribution in [0.1, 0.15) is 31.7 Å². The predicted octanol–water partition coefficient (Wildman–Crippen LogP) is 3.22. The zero-order valence-corrected chi connectivity index (χ0v) is 11.7. The SMILES string of the molecule is CC[C@@H]1C[C@@H](OCc2ccc(OC)cc2)C[C@@H]1C=O. The van der Waals surface area contributed by atoms with Crippen molar-refractivity contribution in [3.05, 3.63) is 29.8 Å². The zero-order chi connectivity index (χ0) is 13.7. The maximum absolute atomic E-state index is 11.0. The first-order chi connectivity index (χ1) is 9.26. The van der Waals surface area contributed by atoms with Gasteiger partial charge in [-0.05, 0) is 36.5 Å². The Morgan fingerprint density at radius 1 is 1.26 bits per heavy atom. The fourth-order valence-electron chi connectivity index (χ4n) is 2.81. The van der Waals surface area contributed by atoms with E-state index in [1.165, 1.54) is 0 Å². The van der Waals surface area contributed by atoms with E-state index in [4.69, 9.17) is 9.47 Å². The lowest BCUT2D eigenvalue weighted by atomic mass is 9.95. The Balaban J connectivity index is 1.83. The molecule has 0 radical (unpaired) electrons. The molecule has 3 heteroatoms. The van der Waals surface area contributed by atoms with Crippen LogP contribution in [-0.2, 0) is 16.1 Å². The van der Waals surface area contributed by atoms with Gasteiger partial charge in [0.25, 0.3) is 0 Å². The number of hydrogen-bond acceptors (Lipinski definition) is 3. The largest absolute Gasteiger partial charge is 0.497 e. The monoisotopic (exact) mass is 262 g/mol. The predicted molar refractivity (Wildman–Crippen MR) is 74.1 cm³/mol. The number of aldehydes is 1. The fraction of sp³-hybridized carbons (Fsp3) is 0.562.